The third-order valence-corrected chi connectivity index (χ3v) is 5.09. The van der Waals surface area contributed by atoms with E-state index in [1.807, 2.05) is 6.07 Å². The van der Waals surface area contributed by atoms with E-state index in [1.54, 1.807) is 7.11 Å². The van der Waals surface area contributed by atoms with Crippen LogP contribution in [0.1, 0.15) is 23.0 Å². The molecule has 0 bridgehead atoms. The Balaban J connectivity index is 1.58. The van der Waals surface area contributed by atoms with Crippen LogP contribution in [0, 0.1) is 0 Å². The number of aromatic nitrogens is 1. The Labute approximate surface area is 140 Å². The van der Waals surface area contributed by atoms with Gasteiger partial charge in [-0.15, -0.1) is 0 Å². The predicted octanol–water partition coefficient (Wildman–Crippen LogP) is 3.64. The first-order chi connectivity index (χ1) is 11.8. The van der Waals surface area contributed by atoms with Crippen molar-refractivity contribution in [3.63, 3.8) is 0 Å². The van der Waals surface area contributed by atoms with Crippen LogP contribution in [0.15, 0.2) is 54.7 Å². The molecule has 0 aliphatic carbocycles. The maximum Gasteiger partial charge on any atom is 0.125 e. The Morgan fingerprint density at radius 2 is 2.00 bits per heavy atom. The molecule has 4 heteroatoms. The van der Waals surface area contributed by atoms with Crippen LogP contribution in [0.5, 0.6) is 5.75 Å². The quantitative estimate of drug-likeness (QED) is 0.758. The van der Waals surface area contributed by atoms with E-state index in [-0.39, 0.29) is 6.17 Å². The number of hydrogen-bond donors (Lipinski definition) is 2. The topological polar surface area (TPSA) is 40.3 Å². The van der Waals surface area contributed by atoms with Crippen LogP contribution in [-0.2, 0) is 6.42 Å². The fourth-order valence-corrected chi connectivity index (χ4v) is 3.91. The Morgan fingerprint density at radius 3 is 2.83 bits per heavy atom. The summed E-state index contributed by atoms with van der Waals surface area (Å²) in [5, 5.41) is 4.81. The molecule has 4 nitrogen and oxygen atoms in total. The average molecular weight is 317 g/mol. The normalized spacial score (nSPS) is 18.8. The molecule has 2 aliphatic heterocycles. The molecule has 2 aromatic carbocycles. The van der Waals surface area contributed by atoms with Crippen molar-refractivity contribution in [3.05, 3.63) is 71.6 Å². The minimum absolute atomic E-state index is 0.218. The Morgan fingerprint density at radius 1 is 1.12 bits per heavy atom. The molecular formula is C20H19N3O. The number of H-pyrrole nitrogens is 1. The molecular weight excluding hydrogens is 298 g/mol. The van der Waals surface area contributed by atoms with Gasteiger partial charge >= 0.3 is 0 Å². The highest BCUT2D eigenvalue weighted by atomic mass is 16.5. The van der Waals surface area contributed by atoms with Crippen molar-refractivity contribution < 1.29 is 4.74 Å². The molecule has 3 heterocycles. The zero-order valence-corrected chi connectivity index (χ0v) is 13.5. The van der Waals surface area contributed by atoms with E-state index < -0.39 is 0 Å². The van der Waals surface area contributed by atoms with E-state index in [0.29, 0.717) is 0 Å². The molecule has 1 aromatic heterocycles. The lowest BCUT2D eigenvalue weighted by Crippen LogP contribution is -2.33. The Hall–Kier alpha value is -2.88. The standard InChI is InChI=1S/C20H19N3O/c1-24-14-7-8-17-16(11-14)15-9-10-23-18(19(15)22-17)12-21-20(23)13-5-3-2-4-6-13/h2-8,11-12,20-22H,9-10H2,1H3. The zero-order chi connectivity index (χ0) is 16.1. The molecule has 2 aliphatic rings. The van der Waals surface area contributed by atoms with Gasteiger partial charge in [0.1, 0.15) is 11.9 Å². The minimum atomic E-state index is 0.218. The largest absolute Gasteiger partial charge is 0.497 e. The fraction of sp³-hybridized carbons (Fsp3) is 0.200. The van der Waals surface area contributed by atoms with Crippen LogP contribution in [0.2, 0.25) is 0 Å². The molecule has 2 N–H and O–H groups in total. The number of nitrogens with zero attached hydrogens (tertiary/aromatic N) is 1. The van der Waals surface area contributed by atoms with Gasteiger partial charge in [0.25, 0.3) is 0 Å². The first kappa shape index (κ1) is 13.5. The molecule has 0 fully saturated rings. The monoisotopic (exact) mass is 317 g/mol. The van der Waals surface area contributed by atoms with Crippen molar-refractivity contribution in [2.24, 2.45) is 0 Å². The van der Waals surface area contributed by atoms with Gasteiger partial charge in [-0.25, -0.2) is 0 Å². The van der Waals surface area contributed by atoms with E-state index in [2.05, 4.69) is 63.9 Å². The summed E-state index contributed by atoms with van der Waals surface area (Å²) in [6.45, 7) is 1.01. The molecule has 0 amide bonds. The summed E-state index contributed by atoms with van der Waals surface area (Å²) in [4.78, 5) is 6.05. The van der Waals surface area contributed by atoms with Crippen LogP contribution in [-0.4, -0.2) is 23.5 Å². The SMILES string of the molecule is COc1ccc2[nH]c3c(c2c1)CCN1C3=CNC1c1ccccc1. The van der Waals surface area contributed by atoms with Crippen molar-refractivity contribution in [1.29, 1.82) is 0 Å². The van der Waals surface area contributed by atoms with Crippen LogP contribution in [0.25, 0.3) is 16.6 Å². The molecule has 0 spiro atoms. The zero-order valence-electron chi connectivity index (χ0n) is 13.5. The third-order valence-electron chi connectivity index (χ3n) is 5.09. The lowest BCUT2D eigenvalue weighted by atomic mass is 10.0. The van der Waals surface area contributed by atoms with E-state index in [0.717, 1.165) is 18.7 Å². The molecule has 3 aromatic rings. The van der Waals surface area contributed by atoms with Gasteiger partial charge in [-0.05, 0) is 35.7 Å². The lowest BCUT2D eigenvalue weighted by molar-refractivity contribution is 0.294. The molecule has 1 atom stereocenters. The van der Waals surface area contributed by atoms with E-state index in [1.165, 1.54) is 33.4 Å². The number of benzene rings is 2. The molecule has 5 rings (SSSR count). The van der Waals surface area contributed by atoms with Crippen LogP contribution in [0.3, 0.4) is 0 Å². The second kappa shape index (κ2) is 5.06. The maximum absolute atomic E-state index is 5.39. The first-order valence-corrected chi connectivity index (χ1v) is 8.32. The Kier molecular flexibility index (Phi) is 2.86. The molecule has 0 saturated carbocycles. The summed E-state index contributed by atoms with van der Waals surface area (Å²) in [6, 6.07) is 16.9. The molecule has 120 valence electrons. The van der Waals surface area contributed by atoms with Crippen LogP contribution in [0.4, 0.5) is 0 Å². The summed E-state index contributed by atoms with van der Waals surface area (Å²) in [5.74, 6) is 0.910. The number of nitrogens with one attached hydrogen (secondary N) is 2. The highest BCUT2D eigenvalue weighted by Gasteiger charge is 2.33. The summed E-state index contributed by atoms with van der Waals surface area (Å²) in [7, 11) is 1.72. The first-order valence-electron chi connectivity index (χ1n) is 8.32. The van der Waals surface area contributed by atoms with Gasteiger partial charge in [0.2, 0.25) is 0 Å². The minimum Gasteiger partial charge on any atom is -0.497 e. The van der Waals surface area contributed by atoms with Crippen molar-refractivity contribution in [2.75, 3.05) is 13.7 Å². The van der Waals surface area contributed by atoms with Gasteiger partial charge in [0.15, 0.2) is 0 Å². The average Bonchev–Trinajstić information content (AvgIpc) is 3.23. The summed E-state index contributed by atoms with van der Waals surface area (Å²) in [6.07, 6.45) is 3.39. The number of fused-ring (bicyclic) bond motifs is 5. The lowest BCUT2D eigenvalue weighted by Gasteiger charge is -2.32. The maximum atomic E-state index is 5.39. The van der Waals surface area contributed by atoms with Gasteiger partial charge in [-0.1, -0.05) is 30.3 Å². The number of hydrogen-bond acceptors (Lipinski definition) is 3. The van der Waals surface area contributed by atoms with Gasteiger partial charge in [0.05, 0.1) is 18.5 Å². The summed E-state index contributed by atoms with van der Waals surface area (Å²) < 4.78 is 5.39. The third kappa shape index (κ3) is 1.86. The molecule has 0 radical (unpaired) electrons. The number of aromatic amines is 1. The highest BCUT2D eigenvalue weighted by molar-refractivity contribution is 5.91. The number of ether oxygens (including phenoxy) is 1. The van der Waals surface area contributed by atoms with Crippen molar-refractivity contribution >= 4 is 16.6 Å². The van der Waals surface area contributed by atoms with Gasteiger partial charge in [-0.3, -0.25) is 0 Å². The summed E-state index contributed by atoms with van der Waals surface area (Å²) >= 11 is 0. The molecule has 1 unspecified atom stereocenters. The van der Waals surface area contributed by atoms with Gasteiger partial charge < -0.3 is 19.9 Å². The Bertz CT molecular complexity index is 942. The molecule has 0 saturated heterocycles. The van der Waals surface area contributed by atoms with E-state index >= 15 is 0 Å². The number of methoxy groups -OCH3 is 1. The van der Waals surface area contributed by atoms with E-state index in [4.69, 9.17) is 4.74 Å². The van der Waals surface area contributed by atoms with Crippen molar-refractivity contribution in [1.82, 2.24) is 15.2 Å². The van der Waals surface area contributed by atoms with Crippen LogP contribution < -0.4 is 10.1 Å². The second-order valence-electron chi connectivity index (χ2n) is 6.34. The van der Waals surface area contributed by atoms with Gasteiger partial charge in [0, 0.05) is 23.6 Å². The van der Waals surface area contributed by atoms with Crippen molar-refractivity contribution in [3.8, 4) is 5.75 Å². The second-order valence-corrected chi connectivity index (χ2v) is 6.34. The number of rotatable bonds is 2. The smallest absolute Gasteiger partial charge is 0.125 e. The molecule has 24 heavy (non-hydrogen) atoms. The van der Waals surface area contributed by atoms with Crippen LogP contribution >= 0.6 is 0 Å². The predicted molar refractivity (Wildman–Crippen MR) is 95.6 cm³/mol. The van der Waals surface area contributed by atoms with Crippen molar-refractivity contribution in [2.45, 2.75) is 12.6 Å². The highest BCUT2D eigenvalue weighted by Crippen LogP contribution is 2.40. The van der Waals surface area contributed by atoms with E-state index in [9.17, 15) is 0 Å². The fourth-order valence-electron chi connectivity index (χ4n) is 3.91. The summed E-state index contributed by atoms with van der Waals surface area (Å²) in [5.41, 5.74) is 6.34. The van der Waals surface area contributed by atoms with Gasteiger partial charge in [-0.2, -0.15) is 0 Å².